The number of anilines is 1. The molecule has 1 aliphatic rings. The molecule has 0 aliphatic carbocycles. The third kappa shape index (κ3) is 3.18. The van der Waals surface area contributed by atoms with E-state index in [1.807, 2.05) is 43.3 Å². The summed E-state index contributed by atoms with van der Waals surface area (Å²) in [6.07, 6.45) is 0.667. The summed E-state index contributed by atoms with van der Waals surface area (Å²) in [5, 5.41) is 1.03. The van der Waals surface area contributed by atoms with E-state index in [2.05, 4.69) is 0 Å². The van der Waals surface area contributed by atoms with Crippen LogP contribution in [0.3, 0.4) is 0 Å². The number of amides is 1. The number of aryl methyl sites for hydroxylation is 1. The summed E-state index contributed by atoms with van der Waals surface area (Å²) in [6, 6.07) is 14.9. The monoisotopic (exact) mass is 411 g/mol. The number of carbonyl (C=O) groups excluding carboxylic acids is 1. The van der Waals surface area contributed by atoms with Crippen LogP contribution in [0, 0.1) is 6.92 Å². The Morgan fingerprint density at radius 3 is 2.54 bits per heavy atom. The molecule has 0 spiro atoms. The zero-order valence-electron chi connectivity index (χ0n) is 15.4. The second-order valence-corrected chi connectivity index (χ2v) is 7.59. The molecule has 142 valence electrons. The fraction of sp³-hybridized carbons (Fsp3) is 0.182. The maximum atomic E-state index is 13.5. The molecule has 2 heterocycles. The van der Waals surface area contributed by atoms with Crippen molar-refractivity contribution in [3.63, 3.8) is 0 Å². The Morgan fingerprint density at radius 1 is 1.11 bits per heavy atom. The van der Waals surface area contributed by atoms with Crippen LogP contribution in [0.2, 0.25) is 10.0 Å². The lowest BCUT2D eigenvalue weighted by Crippen LogP contribution is -2.39. The minimum absolute atomic E-state index is 0.0873. The summed E-state index contributed by atoms with van der Waals surface area (Å²) in [7, 11) is 0. The van der Waals surface area contributed by atoms with Gasteiger partial charge in [-0.2, -0.15) is 0 Å². The molecule has 0 saturated heterocycles. The SMILES string of the molecule is Cc1nc2c(c(-c3ccc(Cl)cc3Cl)c1CN)C(=O)N(c1ccccc1)CC2. The van der Waals surface area contributed by atoms with Crippen LogP contribution in [0.4, 0.5) is 5.69 Å². The van der Waals surface area contributed by atoms with Gasteiger partial charge in [-0.15, -0.1) is 0 Å². The predicted molar refractivity (Wildman–Crippen MR) is 114 cm³/mol. The molecule has 28 heavy (non-hydrogen) atoms. The number of rotatable bonds is 3. The molecule has 2 aromatic carbocycles. The van der Waals surface area contributed by atoms with Crippen LogP contribution < -0.4 is 10.6 Å². The lowest BCUT2D eigenvalue weighted by Gasteiger charge is -2.31. The number of nitrogens with two attached hydrogens (primary N) is 1. The van der Waals surface area contributed by atoms with Crippen molar-refractivity contribution in [1.29, 1.82) is 0 Å². The van der Waals surface area contributed by atoms with Crippen molar-refractivity contribution >= 4 is 34.8 Å². The highest BCUT2D eigenvalue weighted by Gasteiger charge is 2.32. The van der Waals surface area contributed by atoms with E-state index in [0.717, 1.165) is 33.8 Å². The van der Waals surface area contributed by atoms with Gasteiger partial charge in [0.1, 0.15) is 0 Å². The fourth-order valence-corrected chi connectivity index (χ4v) is 4.26. The Hall–Kier alpha value is -2.40. The maximum Gasteiger partial charge on any atom is 0.260 e. The number of carbonyl (C=O) groups is 1. The van der Waals surface area contributed by atoms with Gasteiger partial charge in [-0.1, -0.05) is 47.5 Å². The van der Waals surface area contributed by atoms with Gasteiger partial charge in [-0.25, -0.2) is 0 Å². The number of halogens is 2. The molecular weight excluding hydrogens is 393 g/mol. The zero-order chi connectivity index (χ0) is 19.8. The molecule has 6 heteroatoms. The summed E-state index contributed by atoms with van der Waals surface area (Å²) in [5.41, 5.74) is 11.4. The van der Waals surface area contributed by atoms with Crippen molar-refractivity contribution in [2.45, 2.75) is 19.9 Å². The third-order valence-electron chi connectivity index (χ3n) is 5.08. The van der Waals surface area contributed by atoms with E-state index in [1.54, 1.807) is 17.0 Å². The Labute approximate surface area is 173 Å². The summed E-state index contributed by atoms with van der Waals surface area (Å²) in [6.45, 7) is 2.76. The molecule has 1 aromatic heterocycles. The van der Waals surface area contributed by atoms with Gasteiger partial charge in [0.05, 0.1) is 11.3 Å². The fourth-order valence-electron chi connectivity index (χ4n) is 3.76. The average molecular weight is 412 g/mol. The molecule has 0 unspecified atom stereocenters. The molecule has 4 rings (SSSR count). The number of hydrogen-bond donors (Lipinski definition) is 1. The Kier molecular flexibility index (Phi) is 5.11. The van der Waals surface area contributed by atoms with E-state index in [4.69, 9.17) is 33.9 Å². The second kappa shape index (κ2) is 7.55. The number of aromatic nitrogens is 1. The van der Waals surface area contributed by atoms with Crippen LogP contribution in [-0.4, -0.2) is 17.4 Å². The van der Waals surface area contributed by atoms with Gasteiger partial charge in [0.15, 0.2) is 0 Å². The molecule has 0 fully saturated rings. The molecule has 0 atom stereocenters. The quantitative estimate of drug-likeness (QED) is 0.657. The summed E-state index contributed by atoms with van der Waals surface area (Å²) in [4.78, 5) is 20.0. The highest BCUT2D eigenvalue weighted by atomic mass is 35.5. The van der Waals surface area contributed by atoms with E-state index in [9.17, 15) is 4.79 Å². The number of benzene rings is 2. The third-order valence-corrected chi connectivity index (χ3v) is 5.63. The van der Waals surface area contributed by atoms with Gasteiger partial charge in [0.25, 0.3) is 5.91 Å². The minimum Gasteiger partial charge on any atom is -0.326 e. The average Bonchev–Trinajstić information content (AvgIpc) is 2.68. The van der Waals surface area contributed by atoms with Gasteiger partial charge in [-0.3, -0.25) is 9.78 Å². The van der Waals surface area contributed by atoms with Crippen molar-refractivity contribution in [2.75, 3.05) is 11.4 Å². The van der Waals surface area contributed by atoms with E-state index in [0.29, 0.717) is 28.6 Å². The Balaban J connectivity index is 1.97. The van der Waals surface area contributed by atoms with Crippen LogP contribution >= 0.6 is 23.2 Å². The van der Waals surface area contributed by atoms with Crippen LogP contribution in [0.15, 0.2) is 48.5 Å². The first kappa shape index (κ1) is 18.9. The van der Waals surface area contributed by atoms with Crippen molar-refractivity contribution in [1.82, 2.24) is 4.98 Å². The van der Waals surface area contributed by atoms with Crippen LogP contribution in [0.5, 0.6) is 0 Å². The summed E-state index contributed by atoms with van der Waals surface area (Å²) >= 11 is 12.6. The highest BCUT2D eigenvalue weighted by Crippen LogP contribution is 2.39. The van der Waals surface area contributed by atoms with Gasteiger partial charge >= 0.3 is 0 Å². The minimum atomic E-state index is -0.0873. The van der Waals surface area contributed by atoms with Gasteiger partial charge in [-0.05, 0) is 36.8 Å². The summed E-state index contributed by atoms with van der Waals surface area (Å²) in [5.74, 6) is -0.0873. The molecular formula is C22H19Cl2N3O. The first-order valence-electron chi connectivity index (χ1n) is 9.06. The van der Waals surface area contributed by atoms with E-state index in [1.165, 1.54) is 0 Å². The zero-order valence-corrected chi connectivity index (χ0v) is 16.9. The topological polar surface area (TPSA) is 59.2 Å². The highest BCUT2D eigenvalue weighted by molar-refractivity contribution is 6.36. The number of para-hydroxylation sites is 1. The smallest absolute Gasteiger partial charge is 0.260 e. The lowest BCUT2D eigenvalue weighted by molar-refractivity contribution is 0.0980. The molecule has 0 bridgehead atoms. The van der Waals surface area contributed by atoms with E-state index < -0.39 is 0 Å². The lowest BCUT2D eigenvalue weighted by atomic mass is 9.89. The van der Waals surface area contributed by atoms with Crippen LogP contribution in [-0.2, 0) is 13.0 Å². The number of pyridine rings is 1. The van der Waals surface area contributed by atoms with Gasteiger partial charge < -0.3 is 10.6 Å². The summed E-state index contributed by atoms with van der Waals surface area (Å²) < 4.78 is 0. The number of hydrogen-bond acceptors (Lipinski definition) is 3. The predicted octanol–water partition coefficient (Wildman–Crippen LogP) is 5.03. The number of nitrogens with zero attached hydrogens (tertiary/aromatic N) is 2. The maximum absolute atomic E-state index is 13.5. The Bertz CT molecular complexity index is 1070. The Morgan fingerprint density at radius 2 is 1.86 bits per heavy atom. The largest absolute Gasteiger partial charge is 0.326 e. The first-order chi connectivity index (χ1) is 13.5. The number of fused-ring (bicyclic) bond motifs is 1. The molecule has 1 amide bonds. The standard InChI is InChI=1S/C22H19Cl2N3O/c1-13-17(12-25)20(16-8-7-14(23)11-18(16)24)21-19(26-13)9-10-27(22(21)28)15-5-3-2-4-6-15/h2-8,11H,9-10,12,25H2,1H3. The van der Waals surface area contributed by atoms with Crippen molar-refractivity contribution in [3.8, 4) is 11.1 Å². The van der Waals surface area contributed by atoms with Crippen molar-refractivity contribution in [3.05, 3.63) is 81.1 Å². The van der Waals surface area contributed by atoms with E-state index >= 15 is 0 Å². The normalized spacial score (nSPS) is 13.6. The molecule has 0 saturated carbocycles. The van der Waals surface area contributed by atoms with Crippen molar-refractivity contribution in [2.24, 2.45) is 5.73 Å². The van der Waals surface area contributed by atoms with Crippen LogP contribution in [0.25, 0.3) is 11.1 Å². The molecule has 3 aromatic rings. The van der Waals surface area contributed by atoms with Crippen LogP contribution in [0.1, 0.15) is 27.3 Å². The van der Waals surface area contributed by atoms with Crippen molar-refractivity contribution < 1.29 is 4.79 Å². The first-order valence-corrected chi connectivity index (χ1v) is 9.81. The molecule has 1 aliphatic heterocycles. The van der Waals surface area contributed by atoms with Gasteiger partial charge in [0, 0.05) is 52.1 Å². The molecule has 0 radical (unpaired) electrons. The van der Waals surface area contributed by atoms with E-state index in [-0.39, 0.29) is 12.5 Å². The second-order valence-electron chi connectivity index (χ2n) is 6.74. The molecule has 4 nitrogen and oxygen atoms in total. The van der Waals surface area contributed by atoms with Gasteiger partial charge in [0.2, 0.25) is 0 Å². The molecule has 2 N–H and O–H groups in total.